The van der Waals surface area contributed by atoms with E-state index in [-0.39, 0.29) is 24.9 Å². The summed E-state index contributed by atoms with van der Waals surface area (Å²) in [6.45, 7) is 5.34. The summed E-state index contributed by atoms with van der Waals surface area (Å²) >= 11 is 0. The fraction of sp³-hybridized carbons (Fsp3) is 0.406. The van der Waals surface area contributed by atoms with Gasteiger partial charge < -0.3 is 35.3 Å². The first-order valence-corrected chi connectivity index (χ1v) is 14.5. The predicted octanol–water partition coefficient (Wildman–Crippen LogP) is 2.19. The Morgan fingerprint density at radius 3 is 2.34 bits per heavy atom. The van der Waals surface area contributed by atoms with Crippen molar-refractivity contribution in [2.45, 2.75) is 63.4 Å². The predicted molar refractivity (Wildman–Crippen MR) is 163 cm³/mol. The summed E-state index contributed by atoms with van der Waals surface area (Å²) in [5.41, 5.74) is 5.01. The van der Waals surface area contributed by atoms with E-state index >= 15 is 0 Å². The number of amides is 3. The van der Waals surface area contributed by atoms with Crippen molar-refractivity contribution >= 4 is 29.5 Å². The Balaban J connectivity index is 1.57. The van der Waals surface area contributed by atoms with Crippen LogP contribution in [0.1, 0.15) is 44.7 Å². The standard InChI is InChI=1S/C32H40N6O6/c1-31(2,33)29(41)35-24(20-44-19-22-12-7-5-8-13-22)27(39)36-26-18-37(21-34-26)32(3,23-14-9-6-10-15-23)30(42)38-17-11-16-25(38)28(40)43-4/h5-10,12-15,18,21,24-25H,11,16-17,19-20,33H2,1-4H3,(H,35,41)(H,36,39)/t24-,25-,32?/m1/s1. The highest BCUT2D eigenvalue weighted by molar-refractivity contribution is 5.98. The van der Waals surface area contributed by atoms with Crippen LogP contribution in [0.3, 0.4) is 0 Å². The van der Waals surface area contributed by atoms with Gasteiger partial charge in [-0.15, -0.1) is 0 Å². The number of nitrogens with one attached hydrogen (secondary N) is 2. The number of ether oxygens (including phenoxy) is 2. The number of aromatic nitrogens is 2. The Labute approximate surface area is 256 Å². The van der Waals surface area contributed by atoms with Gasteiger partial charge in [0.2, 0.25) is 5.91 Å². The van der Waals surface area contributed by atoms with E-state index in [0.717, 1.165) is 5.56 Å². The van der Waals surface area contributed by atoms with E-state index in [2.05, 4.69) is 15.6 Å². The van der Waals surface area contributed by atoms with E-state index in [1.54, 1.807) is 22.6 Å². The van der Waals surface area contributed by atoms with Gasteiger partial charge >= 0.3 is 5.97 Å². The molecule has 4 rings (SSSR count). The molecule has 3 amide bonds. The van der Waals surface area contributed by atoms with E-state index in [4.69, 9.17) is 15.2 Å². The molecule has 0 bridgehead atoms. The van der Waals surface area contributed by atoms with Crippen molar-refractivity contribution in [3.05, 3.63) is 84.3 Å². The second-order valence-electron chi connectivity index (χ2n) is 11.5. The summed E-state index contributed by atoms with van der Waals surface area (Å²) in [6.07, 6.45) is 4.17. The number of carbonyl (C=O) groups excluding carboxylic acids is 4. The zero-order chi connectivity index (χ0) is 31.9. The van der Waals surface area contributed by atoms with E-state index in [1.165, 1.54) is 27.3 Å². The summed E-state index contributed by atoms with van der Waals surface area (Å²) in [6, 6.07) is 16.8. The maximum atomic E-state index is 14.2. The Morgan fingerprint density at radius 1 is 1.05 bits per heavy atom. The molecule has 0 aliphatic carbocycles. The summed E-state index contributed by atoms with van der Waals surface area (Å²) in [5.74, 6) is -1.71. The van der Waals surface area contributed by atoms with Crippen LogP contribution in [0.2, 0.25) is 0 Å². The van der Waals surface area contributed by atoms with Crippen LogP contribution in [0.5, 0.6) is 0 Å². The molecule has 4 N–H and O–H groups in total. The third kappa shape index (κ3) is 7.32. The first-order chi connectivity index (χ1) is 20.9. The molecule has 0 saturated carbocycles. The average Bonchev–Trinajstić information content (AvgIpc) is 3.70. The maximum absolute atomic E-state index is 14.2. The molecule has 0 spiro atoms. The number of hydrogen-bond acceptors (Lipinski definition) is 8. The Bertz CT molecular complexity index is 1450. The maximum Gasteiger partial charge on any atom is 0.328 e. The second kappa shape index (κ2) is 13.8. The molecule has 234 valence electrons. The lowest BCUT2D eigenvalue weighted by molar-refractivity contribution is -0.153. The summed E-state index contributed by atoms with van der Waals surface area (Å²) in [4.78, 5) is 58.7. The molecule has 2 aromatic carbocycles. The van der Waals surface area contributed by atoms with Crippen LogP contribution < -0.4 is 16.4 Å². The van der Waals surface area contributed by atoms with E-state index in [0.29, 0.717) is 24.9 Å². The molecule has 12 nitrogen and oxygen atoms in total. The zero-order valence-corrected chi connectivity index (χ0v) is 25.5. The van der Waals surface area contributed by atoms with Gasteiger partial charge in [-0.1, -0.05) is 60.7 Å². The number of imidazole rings is 1. The monoisotopic (exact) mass is 604 g/mol. The highest BCUT2D eigenvalue weighted by Crippen LogP contribution is 2.33. The van der Waals surface area contributed by atoms with Crippen molar-refractivity contribution in [2.75, 3.05) is 25.6 Å². The van der Waals surface area contributed by atoms with E-state index < -0.39 is 40.9 Å². The molecule has 1 saturated heterocycles. The van der Waals surface area contributed by atoms with Gasteiger partial charge in [-0.05, 0) is 44.7 Å². The Kier molecular flexibility index (Phi) is 10.2. The normalized spacial score (nSPS) is 16.9. The van der Waals surface area contributed by atoms with Gasteiger partial charge in [0.1, 0.15) is 17.6 Å². The van der Waals surface area contributed by atoms with Gasteiger partial charge in [0.25, 0.3) is 11.8 Å². The van der Waals surface area contributed by atoms with Gasteiger partial charge in [-0.25, -0.2) is 9.78 Å². The van der Waals surface area contributed by atoms with Crippen molar-refractivity contribution in [3.8, 4) is 0 Å². The molecule has 12 heteroatoms. The molecule has 1 aliphatic rings. The lowest BCUT2D eigenvalue weighted by Crippen LogP contribution is -2.56. The van der Waals surface area contributed by atoms with Crippen LogP contribution in [-0.2, 0) is 40.8 Å². The fourth-order valence-electron chi connectivity index (χ4n) is 5.06. The van der Waals surface area contributed by atoms with Crippen LogP contribution in [-0.4, -0.2) is 76.0 Å². The highest BCUT2D eigenvalue weighted by Gasteiger charge is 2.46. The number of likely N-dealkylation sites (tertiary alicyclic amines) is 1. The molecular weight excluding hydrogens is 564 g/mol. The number of methoxy groups -OCH3 is 1. The number of carbonyl (C=O) groups is 4. The quantitative estimate of drug-likeness (QED) is 0.266. The lowest BCUT2D eigenvalue weighted by Gasteiger charge is -2.36. The van der Waals surface area contributed by atoms with Gasteiger partial charge in [0.05, 0.1) is 32.2 Å². The summed E-state index contributed by atoms with van der Waals surface area (Å²) in [7, 11) is 1.31. The van der Waals surface area contributed by atoms with Gasteiger partial charge in [0.15, 0.2) is 5.82 Å². The molecule has 1 aliphatic heterocycles. The average molecular weight is 605 g/mol. The van der Waals surface area contributed by atoms with Gasteiger partial charge in [0, 0.05) is 12.7 Å². The fourth-order valence-corrected chi connectivity index (χ4v) is 5.06. The highest BCUT2D eigenvalue weighted by atomic mass is 16.5. The Hall–Kier alpha value is -4.55. The van der Waals surface area contributed by atoms with Crippen molar-refractivity contribution < 1.29 is 28.7 Å². The SMILES string of the molecule is COC(=O)[C@H]1CCCN1C(=O)C(C)(c1ccccc1)n1cnc(NC(=O)[C@@H](COCc2ccccc2)NC(=O)C(C)(C)N)c1. The third-order valence-electron chi connectivity index (χ3n) is 7.69. The molecule has 3 atom stereocenters. The van der Waals surface area contributed by atoms with Crippen LogP contribution >= 0.6 is 0 Å². The minimum Gasteiger partial charge on any atom is -0.467 e. The topological polar surface area (TPSA) is 158 Å². The molecular formula is C32H40N6O6. The van der Waals surface area contributed by atoms with Gasteiger partial charge in [-0.2, -0.15) is 0 Å². The molecule has 1 fully saturated rings. The molecule has 3 aromatic rings. The largest absolute Gasteiger partial charge is 0.467 e. The number of benzene rings is 2. The lowest BCUT2D eigenvalue weighted by atomic mass is 9.89. The number of anilines is 1. The van der Waals surface area contributed by atoms with Crippen LogP contribution in [0.15, 0.2) is 73.2 Å². The van der Waals surface area contributed by atoms with Crippen molar-refractivity contribution in [1.82, 2.24) is 19.8 Å². The summed E-state index contributed by atoms with van der Waals surface area (Å²) in [5, 5.41) is 5.39. The first-order valence-electron chi connectivity index (χ1n) is 14.5. The Morgan fingerprint density at radius 2 is 1.70 bits per heavy atom. The summed E-state index contributed by atoms with van der Waals surface area (Å²) < 4.78 is 12.3. The van der Waals surface area contributed by atoms with Crippen LogP contribution in [0.25, 0.3) is 0 Å². The number of hydrogen-bond donors (Lipinski definition) is 3. The number of nitrogens with two attached hydrogens (primary N) is 1. The molecule has 2 heterocycles. The smallest absolute Gasteiger partial charge is 0.328 e. The number of nitrogens with zero attached hydrogens (tertiary/aromatic N) is 3. The zero-order valence-electron chi connectivity index (χ0n) is 25.5. The van der Waals surface area contributed by atoms with E-state index in [1.807, 2.05) is 60.7 Å². The molecule has 1 aromatic heterocycles. The molecule has 0 radical (unpaired) electrons. The third-order valence-corrected chi connectivity index (χ3v) is 7.69. The van der Waals surface area contributed by atoms with E-state index in [9.17, 15) is 19.2 Å². The van der Waals surface area contributed by atoms with Gasteiger partial charge in [-0.3, -0.25) is 14.4 Å². The second-order valence-corrected chi connectivity index (χ2v) is 11.5. The number of rotatable bonds is 12. The van der Waals surface area contributed by atoms with Crippen molar-refractivity contribution in [2.24, 2.45) is 5.73 Å². The first kappa shape index (κ1) is 32.4. The van der Waals surface area contributed by atoms with Crippen molar-refractivity contribution in [1.29, 1.82) is 0 Å². The minimum atomic E-state index is -1.30. The molecule has 44 heavy (non-hydrogen) atoms. The van der Waals surface area contributed by atoms with Crippen LogP contribution in [0, 0.1) is 0 Å². The van der Waals surface area contributed by atoms with Crippen LogP contribution in [0.4, 0.5) is 5.82 Å². The van der Waals surface area contributed by atoms with Crippen molar-refractivity contribution in [3.63, 3.8) is 0 Å². The number of esters is 1. The minimum absolute atomic E-state index is 0.118. The molecule has 1 unspecified atom stereocenters.